The van der Waals surface area contributed by atoms with Crippen LogP contribution < -0.4 is 5.32 Å². The number of hydrogen-bond acceptors (Lipinski definition) is 9. The predicted molar refractivity (Wildman–Crippen MR) is 144 cm³/mol. The second kappa shape index (κ2) is 11.6. The molecule has 4 aromatic rings. The van der Waals surface area contributed by atoms with E-state index in [9.17, 15) is 15.2 Å². The van der Waals surface area contributed by atoms with E-state index in [1.165, 1.54) is 0 Å². The van der Waals surface area contributed by atoms with Crippen molar-refractivity contribution in [3.05, 3.63) is 84.0 Å². The second-order valence-corrected chi connectivity index (χ2v) is 9.59. The number of hydrogen-bond donors (Lipinski definition) is 2. The van der Waals surface area contributed by atoms with E-state index in [1.807, 2.05) is 38.1 Å². The highest BCUT2D eigenvalue weighted by Crippen LogP contribution is 2.27. The number of methoxy groups -OCH3 is 1. The fourth-order valence-corrected chi connectivity index (χ4v) is 3.97. The number of aromatic nitrogens is 6. The number of carboxylic acid groups (broad SMARTS) is 1. The van der Waals surface area contributed by atoms with Crippen LogP contribution in [-0.2, 0) is 21.5 Å². The van der Waals surface area contributed by atoms with E-state index in [0.717, 1.165) is 11.3 Å². The lowest BCUT2D eigenvalue weighted by Gasteiger charge is -2.22. The van der Waals surface area contributed by atoms with E-state index < -0.39 is 11.4 Å². The molecule has 0 spiro atoms. The zero-order valence-corrected chi connectivity index (χ0v) is 21.9. The number of rotatable bonds is 11. The molecule has 4 rings (SSSR count). The topological polar surface area (TPSA) is 152 Å². The average Bonchev–Trinajstić information content (AvgIpc) is 3.36. The maximum absolute atomic E-state index is 11.3. The van der Waals surface area contributed by atoms with Gasteiger partial charge in [-0.25, -0.2) is 14.6 Å². The van der Waals surface area contributed by atoms with Crippen LogP contribution in [0.15, 0.2) is 67.0 Å². The first-order valence-electron chi connectivity index (χ1n) is 12.1. The number of pyridine rings is 1. The summed E-state index contributed by atoms with van der Waals surface area (Å²) >= 11 is 0. The number of carboxylic acids is 1. The Kier molecular flexibility index (Phi) is 8.07. The van der Waals surface area contributed by atoms with Crippen LogP contribution in [0.4, 0.5) is 5.95 Å². The first kappa shape index (κ1) is 27.1. The molecule has 0 aliphatic rings. The van der Waals surface area contributed by atoms with Crippen LogP contribution in [0, 0.1) is 11.3 Å². The van der Waals surface area contributed by atoms with Gasteiger partial charge in [-0.1, -0.05) is 43.8 Å². The van der Waals surface area contributed by atoms with Crippen molar-refractivity contribution >= 4 is 11.9 Å². The SMILES string of the molecule is C=C(COC)Nc1nc(-c2cccc(C#N)c2)cc(-c2cn(Cc3cccc(C(C)(C)CC(=O)O)n3)nn2)n1. The van der Waals surface area contributed by atoms with Gasteiger partial charge in [0.1, 0.15) is 5.69 Å². The minimum Gasteiger partial charge on any atom is -0.481 e. The minimum absolute atomic E-state index is 0.0303. The van der Waals surface area contributed by atoms with Gasteiger partial charge >= 0.3 is 5.97 Å². The first-order chi connectivity index (χ1) is 18.7. The fraction of sp³-hybridized carbons (Fsp3) is 0.250. The molecule has 0 fully saturated rings. The van der Waals surface area contributed by atoms with Gasteiger partial charge in [-0.2, -0.15) is 5.26 Å². The van der Waals surface area contributed by atoms with Gasteiger partial charge in [0, 0.05) is 29.5 Å². The molecule has 1 aromatic carbocycles. The normalized spacial score (nSPS) is 11.1. The van der Waals surface area contributed by atoms with Gasteiger partial charge < -0.3 is 15.2 Å². The van der Waals surface area contributed by atoms with Crippen LogP contribution in [0.1, 0.15) is 37.2 Å². The summed E-state index contributed by atoms with van der Waals surface area (Å²) in [4.78, 5) is 25.1. The van der Waals surface area contributed by atoms with Crippen LogP contribution >= 0.6 is 0 Å². The Labute approximate surface area is 225 Å². The molecule has 11 heteroatoms. The van der Waals surface area contributed by atoms with Gasteiger partial charge in [0.25, 0.3) is 0 Å². The van der Waals surface area contributed by atoms with E-state index in [2.05, 4.69) is 43.2 Å². The number of carbonyl (C=O) groups is 1. The van der Waals surface area contributed by atoms with Crippen molar-refractivity contribution in [3.63, 3.8) is 0 Å². The van der Waals surface area contributed by atoms with Gasteiger partial charge in [-0.15, -0.1) is 5.10 Å². The Morgan fingerprint density at radius 1 is 1.13 bits per heavy atom. The molecule has 0 saturated heterocycles. The van der Waals surface area contributed by atoms with Gasteiger partial charge in [0.2, 0.25) is 5.95 Å². The van der Waals surface area contributed by atoms with Crippen LogP contribution in [0.2, 0.25) is 0 Å². The molecule has 0 saturated carbocycles. The molecular formula is C28H28N8O3. The van der Waals surface area contributed by atoms with Crippen molar-refractivity contribution in [2.75, 3.05) is 19.0 Å². The van der Waals surface area contributed by atoms with Crippen molar-refractivity contribution in [1.82, 2.24) is 29.9 Å². The van der Waals surface area contributed by atoms with E-state index >= 15 is 0 Å². The summed E-state index contributed by atoms with van der Waals surface area (Å²) in [5, 5.41) is 30.2. The van der Waals surface area contributed by atoms with E-state index in [4.69, 9.17) is 4.74 Å². The number of benzene rings is 1. The number of aliphatic carboxylic acids is 1. The Hall–Kier alpha value is -4.95. The Morgan fingerprint density at radius 2 is 1.90 bits per heavy atom. The highest BCUT2D eigenvalue weighted by atomic mass is 16.5. The molecule has 0 aliphatic carbocycles. The maximum Gasteiger partial charge on any atom is 0.304 e. The largest absolute Gasteiger partial charge is 0.481 e. The van der Waals surface area contributed by atoms with Crippen LogP contribution in [0.25, 0.3) is 22.6 Å². The molecule has 198 valence electrons. The van der Waals surface area contributed by atoms with Crippen molar-refractivity contribution < 1.29 is 14.6 Å². The number of nitrogens with one attached hydrogen (secondary N) is 1. The second-order valence-electron chi connectivity index (χ2n) is 9.59. The third-order valence-electron chi connectivity index (χ3n) is 5.84. The molecule has 0 amide bonds. The third kappa shape index (κ3) is 6.88. The standard InChI is InChI=1S/C28H28N8O3/c1-18(17-39-4)30-27-32-22(20-8-5-7-19(11-20)14-29)12-23(33-27)24-16-36(35-34-24)15-21-9-6-10-25(31-21)28(2,3)13-26(37)38/h5-12,16H,1,13,15,17H2,2-4H3,(H,37,38)(H,30,32,33). The lowest BCUT2D eigenvalue weighted by molar-refractivity contribution is -0.138. The molecule has 0 radical (unpaired) electrons. The summed E-state index contributed by atoms with van der Waals surface area (Å²) in [5.74, 6) is -0.576. The predicted octanol–water partition coefficient (Wildman–Crippen LogP) is 4.04. The fourth-order valence-electron chi connectivity index (χ4n) is 3.97. The molecule has 2 N–H and O–H groups in total. The molecule has 0 atom stereocenters. The first-order valence-corrected chi connectivity index (χ1v) is 12.1. The molecule has 11 nitrogen and oxygen atoms in total. The lowest BCUT2D eigenvalue weighted by atomic mass is 9.85. The highest BCUT2D eigenvalue weighted by molar-refractivity contribution is 5.69. The Balaban J connectivity index is 1.65. The summed E-state index contributed by atoms with van der Waals surface area (Å²) in [6.45, 7) is 8.25. The zero-order chi connectivity index (χ0) is 28.0. The Bertz CT molecular complexity index is 1550. The molecule has 0 unspecified atom stereocenters. The molecule has 0 bridgehead atoms. The number of nitrogens with zero attached hydrogens (tertiary/aromatic N) is 7. The van der Waals surface area contributed by atoms with Crippen molar-refractivity contribution in [1.29, 1.82) is 5.26 Å². The summed E-state index contributed by atoms with van der Waals surface area (Å²) in [5.41, 5.74) is 4.25. The molecule has 3 aromatic heterocycles. The van der Waals surface area contributed by atoms with Gasteiger partial charge in [-0.3, -0.25) is 9.78 Å². The minimum atomic E-state index is -0.878. The Morgan fingerprint density at radius 3 is 2.64 bits per heavy atom. The van der Waals surface area contributed by atoms with Gasteiger partial charge in [0.15, 0.2) is 0 Å². The molecule has 3 heterocycles. The monoisotopic (exact) mass is 524 g/mol. The third-order valence-corrected chi connectivity index (χ3v) is 5.84. The average molecular weight is 525 g/mol. The summed E-state index contributed by atoms with van der Waals surface area (Å²) in [6, 6.07) is 16.6. The van der Waals surface area contributed by atoms with Gasteiger partial charge in [0.05, 0.1) is 54.5 Å². The van der Waals surface area contributed by atoms with E-state index in [1.54, 1.807) is 42.3 Å². The molecule has 39 heavy (non-hydrogen) atoms. The molecule has 0 aliphatic heterocycles. The highest BCUT2D eigenvalue weighted by Gasteiger charge is 2.26. The quantitative estimate of drug-likeness (QED) is 0.294. The van der Waals surface area contributed by atoms with Gasteiger partial charge in [-0.05, 0) is 30.3 Å². The lowest BCUT2D eigenvalue weighted by Crippen LogP contribution is -2.23. The number of anilines is 1. The van der Waals surface area contributed by atoms with E-state index in [0.29, 0.717) is 46.5 Å². The zero-order valence-electron chi connectivity index (χ0n) is 21.9. The number of nitriles is 1. The summed E-state index contributed by atoms with van der Waals surface area (Å²) in [7, 11) is 1.57. The van der Waals surface area contributed by atoms with E-state index in [-0.39, 0.29) is 13.0 Å². The molecular weight excluding hydrogens is 496 g/mol. The van der Waals surface area contributed by atoms with Crippen molar-refractivity contribution in [2.45, 2.75) is 32.2 Å². The van der Waals surface area contributed by atoms with Crippen molar-refractivity contribution in [3.8, 4) is 28.7 Å². The smallest absolute Gasteiger partial charge is 0.304 e. The summed E-state index contributed by atoms with van der Waals surface area (Å²) < 4.78 is 6.77. The van der Waals surface area contributed by atoms with Crippen LogP contribution in [0.5, 0.6) is 0 Å². The van der Waals surface area contributed by atoms with Crippen LogP contribution in [0.3, 0.4) is 0 Å². The number of ether oxygens (including phenoxy) is 1. The maximum atomic E-state index is 11.3. The summed E-state index contributed by atoms with van der Waals surface area (Å²) in [6.07, 6.45) is 1.72. The van der Waals surface area contributed by atoms with Crippen molar-refractivity contribution in [2.24, 2.45) is 0 Å². The van der Waals surface area contributed by atoms with Crippen LogP contribution in [-0.4, -0.2) is 54.7 Å².